The fraction of sp³-hybridized carbons (Fsp3) is 0.824. The van der Waals surface area contributed by atoms with Crippen LogP contribution >= 0.6 is 35.7 Å². The van der Waals surface area contributed by atoms with Gasteiger partial charge in [-0.2, -0.15) is 0 Å². The van der Waals surface area contributed by atoms with Crippen LogP contribution in [0.25, 0.3) is 0 Å². The summed E-state index contributed by atoms with van der Waals surface area (Å²) in [5.41, 5.74) is 0. The van der Waals surface area contributed by atoms with Crippen molar-refractivity contribution in [2.75, 3.05) is 39.6 Å². The number of rotatable bonds is 12. The third-order valence-electron chi connectivity index (χ3n) is 3.58. The lowest BCUT2D eigenvalue weighted by Gasteiger charge is -2.13. The fourth-order valence-electron chi connectivity index (χ4n) is 2.40. The zero-order chi connectivity index (χ0) is 18.5. The molecule has 0 aromatic carbocycles. The quantitative estimate of drug-likeness (QED) is 0.152. The summed E-state index contributed by atoms with van der Waals surface area (Å²) in [6.45, 7) is 10.7. The summed E-state index contributed by atoms with van der Waals surface area (Å²) in [6, 6.07) is 0. The highest BCUT2D eigenvalue weighted by atomic mass is 127. The molecule has 152 valence electrons. The first-order valence-corrected chi connectivity index (χ1v) is 10.3. The predicted octanol–water partition coefficient (Wildman–Crippen LogP) is 2.80. The Labute approximate surface area is 179 Å². The Hall–Kier alpha value is -0.550. The molecule has 0 aliphatic rings. The van der Waals surface area contributed by atoms with E-state index in [1.807, 2.05) is 13.2 Å². The zero-order valence-corrected chi connectivity index (χ0v) is 19.9. The van der Waals surface area contributed by atoms with Gasteiger partial charge in [-0.05, 0) is 31.9 Å². The highest BCUT2D eigenvalue weighted by molar-refractivity contribution is 14.0. The second kappa shape index (κ2) is 15.5. The predicted molar refractivity (Wildman–Crippen MR) is 121 cm³/mol. The third-order valence-corrected chi connectivity index (χ3v) is 4.25. The maximum atomic E-state index is 5.33. The van der Waals surface area contributed by atoms with Gasteiger partial charge < -0.3 is 19.9 Å². The molecule has 0 fully saturated rings. The van der Waals surface area contributed by atoms with Crippen LogP contribution in [0.5, 0.6) is 0 Å². The highest BCUT2D eigenvalue weighted by Crippen LogP contribution is 2.16. The molecule has 1 aromatic rings. The van der Waals surface area contributed by atoms with E-state index in [2.05, 4.69) is 44.2 Å². The maximum absolute atomic E-state index is 5.33. The Morgan fingerprint density at radius 1 is 1.23 bits per heavy atom. The van der Waals surface area contributed by atoms with Gasteiger partial charge in [0.15, 0.2) is 11.1 Å². The molecule has 0 spiro atoms. The van der Waals surface area contributed by atoms with Crippen molar-refractivity contribution in [3.8, 4) is 0 Å². The van der Waals surface area contributed by atoms with Gasteiger partial charge in [0, 0.05) is 46.3 Å². The second-order valence-corrected chi connectivity index (χ2v) is 6.96. The summed E-state index contributed by atoms with van der Waals surface area (Å²) in [6.07, 6.45) is 4.93. The molecular formula is C17H35IN6OS. The van der Waals surface area contributed by atoms with E-state index in [-0.39, 0.29) is 24.0 Å². The van der Waals surface area contributed by atoms with Gasteiger partial charge in [0.2, 0.25) is 0 Å². The van der Waals surface area contributed by atoms with Gasteiger partial charge in [-0.1, -0.05) is 25.6 Å². The minimum Gasteiger partial charge on any atom is -0.382 e. The van der Waals surface area contributed by atoms with Crippen molar-refractivity contribution in [3.05, 3.63) is 5.82 Å². The lowest BCUT2D eigenvalue weighted by molar-refractivity contribution is 0.145. The van der Waals surface area contributed by atoms with Crippen LogP contribution in [-0.2, 0) is 17.7 Å². The summed E-state index contributed by atoms with van der Waals surface area (Å²) in [5.74, 6) is 2.49. The van der Waals surface area contributed by atoms with E-state index < -0.39 is 0 Å². The van der Waals surface area contributed by atoms with Gasteiger partial charge in [-0.3, -0.25) is 4.99 Å². The van der Waals surface area contributed by atoms with Crippen molar-refractivity contribution in [1.82, 2.24) is 25.4 Å². The molecule has 2 N–H and O–H groups in total. The Morgan fingerprint density at radius 3 is 2.50 bits per heavy atom. The van der Waals surface area contributed by atoms with Gasteiger partial charge in [0.1, 0.15) is 5.82 Å². The maximum Gasteiger partial charge on any atom is 0.190 e. The number of halogens is 1. The van der Waals surface area contributed by atoms with Gasteiger partial charge >= 0.3 is 0 Å². The van der Waals surface area contributed by atoms with E-state index in [4.69, 9.17) is 4.74 Å². The second-order valence-electron chi connectivity index (χ2n) is 6.19. The van der Waals surface area contributed by atoms with Crippen LogP contribution in [0.2, 0.25) is 0 Å². The molecule has 1 heterocycles. The van der Waals surface area contributed by atoms with Crippen LogP contribution in [-0.4, -0.2) is 60.3 Å². The topological polar surface area (TPSA) is 76.4 Å². The van der Waals surface area contributed by atoms with Crippen LogP contribution in [0.4, 0.5) is 0 Å². The van der Waals surface area contributed by atoms with Crippen molar-refractivity contribution in [2.24, 2.45) is 10.9 Å². The molecule has 0 atom stereocenters. The van der Waals surface area contributed by atoms with Crippen LogP contribution in [0, 0.1) is 5.92 Å². The molecule has 26 heavy (non-hydrogen) atoms. The molecule has 0 aliphatic heterocycles. The lowest BCUT2D eigenvalue weighted by atomic mass is 10.2. The summed E-state index contributed by atoms with van der Waals surface area (Å²) in [7, 11) is 1.79. The van der Waals surface area contributed by atoms with E-state index in [1.165, 1.54) is 0 Å². The van der Waals surface area contributed by atoms with Crippen molar-refractivity contribution >= 4 is 41.7 Å². The number of thioether (sulfide) groups is 1. The summed E-state index contributed by atoms with van der Waals surface area (Å²) < 4.78 is 7.58. The monoisotopic (exact) mass is 498 g/mol. The summed E-state index contributed by atoms with van der Waals surface area (Å²) in [5, 5.41) is 16.3. The number of aryl methyl sites for hydroxylation is 1. The van der Waals surface area contributed by atoms with Gasteiger partial charge in [0.05, 0.1) is 0 Å². The van der Waals surface area contributed by atoms with Crippen molar-refractivity contribution < 1.29 is 4.74 Å². The van der Waals surface area contributed by atoms with E-state index in [1.54, 1.807) is 18.8 Å². The molecule has 0 aliphatic carbocycles. The Morgan fingerprint density at radius 2 is 1.92 bits per heavy atom. The molecule has 0 amide bonds. The molecule has 0 unspecified atom stereocenters. The minimum absolute atomic E-state index is 0. The number of hydrogen-bond donors (Lipinski definition) is 2. The zero-order valence-electron chi connectivity index (χ0n) is 16.7. The summed E-state index contributed by atoms with van der Waals surface area (Å²) >= 11 is 1.65. The number of ether oxygens (including phenoxy) is 1. The van der Waals surface area contributed by atoms with E-state index in [0.29, 0.717) is 5.92 Å². The standard InChI is InChI=1S/C17H34N6OS.HI/c1-6-24-12-8-11-20-16(18-4)19-10-7-9-15-21-22-17(25-5)23(15)13-14(2)3;/h14H,6-13H2,1-5H3,(H2,18,19,20);1H. The molecule has 0 saturated heterocycles. The third kappa shape index (κ3) is 9.96. The van der Waals surface area contributed by atoms with Crippen LogP contribution in [0.1, 0.15) is 39.4 Å². The van der Waals surface area contributed by atoms with E-state index >= 15 is 0 Å². The van der Waals surface area contributed by atoms with E-state index in [9.17, 15) is 0 Å². The number of nitrogens with one attached hydrogen (secondary N) is 2. The fourth-order valence-corrected chi connectivity index (χ4v) is 2.93. The number of guanidine groups is 1. The molecular weight excluding hydrogens is 463 g/mol. The largest absolute Gasteiger partial charge is 0.382 e. The van der Waals surface area contributed by atoms with Gasteiger partial charge in [-0.25, -0.2) is 0 Å². The number of aromatic nitrogens is 3. The normalized spacial score (nSPS) is 11.5. The molecule has 9 heteroatoms. The van der Waals surface area contributed by atoms with Gasteiger partial charge in [-0.15, -0.1) is 34.2 Å². The van der Waals surface area contributed by atoms with Crippen molar-refractivity contribution in [1.29, 1.82) is 0 Å². The first-order chi connectivity index (χ1) is 12.1. The lowest BCUT2D eigenvalue weighted by Crippen LogP contribution is -2.38. The summed E-state index contributed by atoms with van der Waals surface area (Å²) in [4.78, 5) is 4.24. The molecule has 7 nitrogen and oxygen atoms in total. The molecule has 0 radical (unpaired) electrons. The molecule has 0 bridgehead atoms. The van der Waals surface area contributed by atoms with Crippen LogP contribution in [0.15, 0.2) is 10.1 Å². The Bertz CT molecular complexity index is 509. The Kier molecular flexibility index (Phi) is 15.2. The average Bonchev–Trinajstić information content (AvgIpc) is 2.97. The molecule has 1 aromatic heterocycles. The number of nitrogens with zero attached hydrogens (tertiary/aromatic N) is 4. The number of hydrogen-bond acceptors (Lipinski definition) is 5. The van der Waals surface area contributed by atoms with Crippen LogP contribution < -0.4 is 10.6 Å². The first-order valence-electron chi connectivity index (χ1n) is 9.10. The van der Waals surface area contributed by atoms with Gasteiger partial charge in [0.25, 0.3) is 0 Å². The Balaban J connectivity index is 0.00000625. The SMILES string of the molecule is CCOCCCNC(=NC)NCCCc1nnc(SC)n1CC(C)C.I. The average molecular weight is 498 g/mol. The van der Waals surface area contributed by atoms with Crippen LogP contribution in [0.3, 0.4) is 0 Å². The van der Waals surface area contributed by atoms with Crippen molar-refractivity contribution in [3.63, 3.8) is 0 Å². The molecule has 0 saturated carbocycles. The number of aliphatic imine (C=N–C) groups is 1. The minimum atomic E-state index is 0. The first kappa shape index (κ1) is 25.4. The van der Waals surface area contributed by atoms with E-state index in [0.717, 1.165) is 69.1 Å². The molecule has 1 rings (SSSR count). The smallest absolute Gasteiger partial charge is 0.190 e. The highest BCUT2D eigenvalue weighted by Gasteiger charge is 2.12. The van der Waals surface area contributed by atoms with Crippen molar-refractivity contribution in [2.45, 2.75) is 51.7 Å².